The molecule has 0 heterocycles. The first-order valence-corrected chi connectivity index (χ1v) is 6.18. The molecular formula is C12H26N2O2. The highest BCUT2D eigenvalue weighted by molar-refractivity contribution is 5.73. The van der Waals surface area contributed by atoms with E-state index in [4.69, 9.17) is 5.11 Å². The molecule has 0 aromatic carbocycles. The van der Waals surface area contributed by atoms with E-state index in [9.17, 15) is 4.79 Å². The number of carbonyl (C=O) groups is 1. The van der Waals surface area contributed by atoms with Crippen LogP contribution in [0.3, 0.4) is 0 Å². The van der Waals surface area contributed by atoms with Crippen molar-refractivity contribution in [2.45, 2.75) is 45.1 Å². The van der Waals surface area contributed by atoms with E-state index in [0.717, 1.165) is 32.4 Å². The average molecular weight is 230 g/mol. The molecule has 0 rings (SSSR count). The van der Waals surface area contributed by atoms with Gasteiger partial charge in [-0.3, -0.25) is 4.79 Å². The predicted molar refractivity (Wildman–Crippen MR) is 66.7 cm³/mol. The normalized spacial score (nSPS) is 13.0. The second-order valence-electron chi connectivity index (χ2n) is 4.50. The van der Waals surface area contributed by atoms with Gasteiger partial charge in [-0.15, -0.1) is 0 Å². The van der Waals surface area contributed by atoms with Gasteiger partial charge in [0.05, 0.1) is 0 Å². The van der Waals surface area contributed by atoms with Crippen molar-refractivity contribution in [3.63, 3.8) is 0 Å². The maximum atomic E-state index is 11.0. The SMILES string of the molecule is CCCCCCC(NCCN(C)C)C(=O)O. The van der Waals surface area contributed by atoms with E-state index in [1.807, 2.05) is 19.0 Å². The lowest BCUT2D eigenvalue weighted by Crippen LogP contribution is -2.40. The fraction of sp³-hybridized carbons (Fsp3) is 0.917. The second kappa shape index (κ2) is 9.60. The Hall–Kier alpha value is -0.610. The third kappa shape index (κ3) is 8.68. The smallest absolute Gasteiger partial charge is 0.320 e. The number of aliphatic carboxylic acids is 1. The number of rotatable bonds is 10. The van der Waals surface area contributed by atoms with Crippen molar-refractivity contribution in [1.29, 1.82) is 0 Å². The Morgan fingerprint density at radius 1 is 1.31 bits per heavy atom. The van der Waals surface area contributed by atoms with Gasteiger partial charge < -0.3 is 15.3 Å². The summed E-state index contributed by atoms with van der Waals surface area (Å²) >= 11 is 0. The molecule has 0 radical (unpaired) electrons. The summed E-state index contributed by atoms with van der Waals surface area (Å²) < 4.78 is 0. The molecule has 0 aromatic rings. The standard InChI is InChI=1S/C12H26N2O2/c1-4-5-6-7-8-11(12(15)16)13-9-10-14(2)3/h11,13H,4-10H2,1-3H3,(H,15,16). The summed E-state index contributed by atoms with van der Waals surface area (Å²) in [5, 5.41) is 12.1. The maximum Gasteiger partial charge on any atom is 0.320 e. The zero-order valence-electron chi connectivity index (χ0n) is 10.8. The van der Waals surface area contributed by atoms with E-state index in [0.29, 0.717) is 0 Å². The third-order valence-electron chi connectivity index (χ3n) is 2.59. The molecule has 96 valence electrons. The molecule has 4 heteroatoms. The van der Waals surface area contributed by atoms with Crippen molar-refractivity contribution in [3.8, 4) is 0 Å². The van der Waals surface area contributed by atoms with E-state index >= 15 is 0 Å². The summed E-state index contributed by atoms with van der Waals surface area (Å²) in [5.41, 5.74) is 0. The van der Waals surface area contributed by atoms with Crippen LogP contribution in [0.25, 0.3) is 0 Å². The summed E-state index contributed by atoms with van der Waals surface area (Å²) in [4.78, 5) is 13.0. The molecular weight excluding hydrogens is 204 g/mol. The molecule has 0 saturated heterocycles. The first kappa shape index (κ1) is 15.4. The van der Waals surface area contributed by atoms with Crippen LogP contribution < -0.4 is 5.32 Å². The predicted octanol–water partition coefficient (Wildman–Crippen LogP) is 1.56. The van der Waals surface area contributed by atoms with E-state index in [-0.39, 0.29) is 6.04 Å². The fourth-order valence-electron chi connectivity index (χ4n) is 1.55. The molecule has 0 saturated carbocycles. The van der Waals surface area contributed by atoms with Crippen molar-refractivity contribution in [3.05, 3.63) is 0 Å². The minimum Gasteiger partial charge on any atom is -0.480 e. The number of hydrogen-bond acceptors (Lipinski definition) is 3. The van der Waals surface area contributed by atoms with Crippen molar-refractivity contribution in [1.82, 2.24) is 10.2 Å². The highest BCUT2D eigenvalue weighted by Crippen LogP contribution is 2.05. The van der Waals surface area contributed by atoms with Gasteiger partial charge in [0.1, 0.15) is 6.04 Å². The first-order chi connectivity index (χ1) is 7.57. The van der Waals surface area contributed by atoms with Gasteiger partial charge in [-0.25, -0.2) is 0 Å². The lowest BCUT2D eigenvalue weighted by Gasteiger charge is -2.16. The number of unbranched alkanes of at least 4 members (excludes halogenated alkanes) is 3. The molecule has 0 aliphatic rings. The van der Waals surface area contributed by atoms with Crippen LogP contribution in [0.2, 0.25) is 0 Å². The van der Waals surface area contributed by atoms with Crippen molar-refractivity contribution < 1.29 is 9.90 Å². The lowest BCUT2D eigenvalue weighted by atomic mass is 10.1. The highest BCUT2D eigenvalue weighted by Gasteiger charge is 2.15. The fourth-order valence-corrected chi connectivity index (χ4v) is 1.55. The topological polar surface area (TPSA) is 52.6 Å². The summed E-state index contributed by atoms with van der Waals surface area (Å²) in [6.45, 7) is 3.76. The number of hydrogen-bond donors (Lipinski definition) is 2. The largest absolute Gasteiger partial charge is 0.480 e. The molecule has 0 aliphatic heterocycles. The van der Waals surface area contributed by atoms with Crippen LogP contribution in [0.15, 0.2) is 0 Å². The van der Waals surface area contributed by atoms with Gasteiger partial charge >= 0.3 is 5.97 Å². The van der Waals surface area contributed by atoms with Gasteiger partial charge in [0.2, 0.25) is 0 Å². The maximum absolute atomic E-state index is 11.0. The molecule has 0 bridgehead atoms. The minimum absolute atomic E-state index is 0.378. The van der Waals surface area contributed by atoms with Crippen LogP contribution in [0, 0.1) is 0 Å². The Kier molecular flexibility index (Phi) is 9.24. The quantitative estimate of drug-likeness (QED) is 0.559. The molecule has 0 aliphatic carbocycles. The molecule has 0 fully saturated rings. The molecule has 1 unspecified atom stereocenters. The molecule has 0 amide bonds. The van der Waals surface area contributed by atoms with Crippen molar-refractivity contribution >= 4 is 5.97 Å². The van der Waals surface area contributed by atoms with Gasteiger partial charge in [0.25, 0.3) is 0 Å². The van der Waals surface area contributed by atoms with E-state index < -0.39 is 5.97 Å². The van der Waals surface area contributed by atoms with Crippen LogP contribution in [0.1, 0.15) is 39.0 Å². The number of nitrogens with one attached hydrogen (secondary N) is 1. The number of likely N-dealkylation sites (N-methyl/N-ethyl adjacent to an activating group) is 1. The van der Waals surface area contributed by atoms with E-state index in [2.05, 4.69) is 12.2 Å². The zero-order chi connectivity index (χ0) is 12.4. The van der Waals surface area contributed by atoms with Crippen LogP contribution in [-0.2, 0) is 4.79 Å². The molecule has 16 heavy (non-hydrogen) atoms. The van der Waals surface area contributed by atoms with Crippen molar-refractivity contribution in [2.75, 3.05) is 27.2 Å². The van der Waals surface area contributed by atoms with Gasteiger partial charge in [-0.05, 0) is 20.5 Å². The zero-order valence-corrected chi connectivity index (χ0v) is 10.8. The van der Waals surface area contributed by atoms with Crippen LogP contribution in [0.4, 0.5) is 0 Å². The molecule has 1 atom stereocenters. The molecule has 2 N–H and O–H groups in total. The minimum atomic E-state index is -0.727. The lowest BCUT2D eigenvalue weighted by molar-refractivity contribution is -0.139. The second-order valence-corrected chi connectivity index (χ2v) is 4.50. The summed E-state index contributed by atoms with van der Waals surface area (Å²) in [6.07, 6.45) is 5.26. The van der Waals surface area contributed by atoms with E-state index in [1.54, 1.807) is 0 Å². The Balaban J connectivity index is 3.67. The van der Waals surface area contributed by atoms with Gasteiger partial charge in [-0.1, -0.05) is 32.6 Å². The number of carboxylic acid groups (broad SMARTS) is 1. The summed E-state index contributed by atoms with van der Waals surface area (Å²) in [5.74, 6) is -0.727. The number of nitrogens with zero attached hydrogens (tertiary/aromatic N) is 1. The summed E-state index contributed by atoms with van der Waals surface area (Å²) in [7, 11) is 3.97. The van der Waals surface area contributed by atoms with Crippen LogP contribution in [-0.4, -0.2) is 49.2 Å². The first-order valence-electron chi connectivity index (χ1n) is 6.18. The summed E-state index contributed by atoms with van der Waals surface area (Å²) in [6, 6.07) is -0.378. The monoisotopic (exact) mass is 230 g/mol. The van der Waals surface area contributed by atoms with Gasteiger partial charge in [0.15, 0.2) is 0 Å². The highest BCUT2D eigenvalue weighted by atomic mass is 16.4. The molecule has 4 nitrogen and oxygen atoms in total. The molecule has 0 aromatic heterocycles. The Morgan fingerprint density at radius 3 is 2.50 bits per heavy atom. The Bertz CT molecular complexity index is 184. The third-order valence-corrected chi connectivity index (χ3v) is 2.59. The van der Waals surface area contributed by atoms with Crippen molar-refractivity contribution in [2.24, 2.45) is 0 Å². The Morgan fingerprint density at radius 2 is 2.00 bits per heavy atom. The molecule has 0 spiro atoms. The van der Waals surface area contributed by atoms with Crippen LogP contribution >= 0.6 is 0 Å². The van der Waals surface area contributed by atoms with Gasteiger partial charge in [-0.2, -0.15) is 0 Å². The number of carboxylic acids is 1. The van der Waals surface area contributed by atoms with E-state index in [1.165, 1.54) is 12.8 Å². The van der Waals surface area contributed by atoms with Gasteiger partial charge in [0, 0.05) is 13.1 Å². The average Bonchev–Trinajstić information content (AvgIpc) is 2.20. The Labute approximate surface area is 99.0 Å². The van der Waals surface area contributed by atoms with Crippen LogP contribution in [0.5, 0.6) is 0 Å².